The van der Waals surface area contributed by atoms with Crippen molar-refractivity contribution in [3.63, 3.8) is 0 Å². The lowest BCUT2D eigenvalue weighted by Crippen LogP contribution is -2.27. The average molecular weight is 302 g/mol. The molecule has 6 heteroatoms. The van der Waals surface area contributed by atoms with Crippen molar-refractivity contribution in [3.05, 3.63) is 29.1 Å². The van der Waals surface area contributed by atoms with Crippen LogP contribution in [0.3, 0.4) is 0 Å². The molecule has 0 aliphatic heterocycles. The summed E-state index contributed by atoms with van der Waals surface area (Å²) >= 11 is 0. The molecule has 1 aromatic rings. The molecule has 0 spiro atoms. The van der Waals surface area contributed by atoms with E-state index in [4.69, 9.17) is 5.73 Å². The van der Waals surface area contributed by atoms with Gasteiger partial charge in [-0.2, -0.15) is 0 Å². The lowest BCUT2D eigenvalue weighted by Gasteiger charge is -2.18. The number of benzene rings is 1. The topological polar surface area (TPSA) is 72.2 Å². The highest BCUT2D eigenvalue weighted by molar-refractivity contribution is 7.89. The molecule has 0 aliphatic carbocycles. The van der Waals surface area contributed by atoms with Crippen molar-refractivity contribution in [1.82, 2.24) is 4.72 Å². The predicted molar refractivity (Wildman–Crippen MR) is 78.3 cm³/mol. The lowest BCUT2D eigenvalue weighted by molar-refractivity contribution is 0.378. The average Bonchev–Trinajstić information content (AvgIpc) is 2.30. The van der Waals surface area contributed by atoms with E-state index in [9.17, 15) is 12.8 Å². The van der Waals surface area contributed by atoms with Gasteiger partial charge in [-0.15, -0.1) is 0 Å². The summed E-state index contributed by atoms with van der Waals surface area (Å²) in [5, 5.41) is 0. The van der Waals surface area contributed by atoms with Crippen molar-refractivity contribution in [2.24, 2.45) is 11.1 Å². The summed E-state index contributed by atoms with van der Waals surface area (Å²) in [6, 6.07) is 2.62. The molecule has 0 radical (unpaired) electrons. The van der Waals surface area contributed by atoms with Crippen LogP contribution >= 0.6 is 0 Å². The Kier molecular flexibility index (Phi) is 5.29. The highest BCUT2D eigenvalue weighted by atomic mass is 32.2. The Morgan fingerprint density at radius 2 is 1.90 bits per heavy atom. The Bertz CT molecular complexity index is 578. The Balaban J connectivity index is 2.96. The van der Waals surface area contributed by atoms with Crippen LogP contribution in [-0.2, 0) is 16.6 Å². The van der Waals surface area contributed by atoms with E-state index < -0.39 is 15.8 Å². The van der Waals surface area contributed by atoms with Gasteiger partial charge in [0.1, 0.15) is 5.82 Å². The first kappa shape index (κ1) is 17.1. The quantitative estimate of drug-likeness (QED) is 0.876. The fourth-order valence-electron chi connectivity index (χ4n) is 1.75. The monoisotopic (exact) mass is 302 g/mol. The maximum atomic E-state index is 13.7. The minimum Gasteiger partial charge on any atom is -0.326 e. The minimum absolute atomic E-state index is 0.0297. The Morgan fingerprint density at radius 3 is 2.40 bits per heavy atom. The molecule has 0 bridgehead atoms. The first-order valence-corrected chi connectivity index (χ1v) is 8.04. The molecule has 0 saturated carbocycles. The summed E-state index contributed by atoms with van der Waals surface area (Å²) in [7, 11) is -3.63. The van der Waals surface area contributed by atoms with E-state index >= 15 is 0 Å². The molecule has 3 N–H and O–H groups in total. The molecule has 0 aliphatic rings. The summed E-state index contributed by atoms with van der Waals surface area (Å²) in [5.41, 5.74) is 5.97. The summed E-state index contributed by atoms with van der Waals surface area (Å²) in [4.78, 5) is 0.0609. The van der Waals surface area contributed by atoms with Crippen molar-refractivity contribution < 1.29 is 12.8 Å². The number of nitrogens with two attached hydrogens (primary N) is 1. The van der Waals surface area contributed by atoms with Crippen LogP contribution in [0.25, 0.3) is 0 Å². The van der Waals surface area contributed by atoms with Crippen LogP contribution in [-0.4, -0.2) is 15.0 Å². The van der Waals surface area contributed by atoms with Crippen molar-refractivity contribution in [1.29, 1.82) is 0 Å². The van der Waals surface area contributed by atoms with Crippen LogP contribution in [0.5, 0.6) is 0 Å². The second-order valence-corrected chi connectivity index (χ2v) is 7.89. The molecule has 0 unspecified atom stereocenters. The number of nitrogens with one attached hydrogen (secondary N) is 1. The number of aryl methyl sites for hydroxylation is 1. The van der Waals surface area contributed by atoms with Crippen molar-refractivity contribution in [2.75, 3.05) is 6.54 Å². The molecule has 1 rings (SSSR count). The second-order valence-electron chi connectivity index (χ2n) is 6.13. The third kappa shape index (κ3) is 4.54. The van der Waals surface area contributed by atoms with Crippen LogP contribution in [0, 0.1) is 18.2 Å². The first-order valence-electron chi connectivity index (χ1n) is 6.55. The van der Waals surface area contributed by atoms with Crippen LogP contribution < -0.4 is 10.5 Å². The highest BCUT2D eigenvalue weighted by Gasteiger charge is 2.19. The van der Waals surface area contributed by atoms with Gasteiger partial charge in [-0.25, -0.2) is 17.5 Å². The van der Waals surface area contributed by atoms with Gasteiger partial charge in [0.25, 0.3) is 0 Å². The van der Waals surface area contributed by atoms with E-state index in [0.717, 1.165) is 6.42 Å². The minimum atomic E-state index is -3.63. The van der Waals surface area contributed by atoms with Gasteiger partial charge >= 0.3 is 0 Å². The van der Waals surface area contributed by atoms with Gasteiger partial charge in [0.2, 0.25) is 10.0 Å². The third-order valence-electron chi connectivity index (χ3n) is 3.00. The van der Waals surface area contributed by atoms with Gasteiger partial charge in [-0.05, 0) is 36.5 Å². The number of sulfonamides is 1. The Hall–Kier alpha value is -0.980. The second kappa shape index (κ2) is 6.20. The number of hydrogen-bond donors (Lipinski definition) is 2. The normalized spacial score (nSPS) is 12.7. The zero-order valence-corrected chi connectivity index (χ0v) is 13.3. The Labute approximate surface area is 120 Å². The van der Waals surface area contributed by atoms with E-state index in [-0.39, 0.29) is 28.0 Å². The standard InChI is InChI=1S/C14H23FN2O2S/c1-10-7-12(8-11(9-16)13(10)15)20(18,19)17-6-5-14(2,3)4/h7-8,17H,5-6,9,16H2,1-4H3. The molecule has 4 nitrogen and oxygen atoms in total. The van der Waals surface area contributed by atoms with Crippen LogP contribution in [0.2, 0.25) is 0 Å². The molecule has 0 heterocycles. The molecule has 1 aromatic carbocycles. The summed E-state index contributed by atoms with van der Waals surface area (Å²) in [5.74, 6) is -0.443. The van der Waals surface area contributed by atoms with Crippen molar-refractivity contribution in [2.45, 2.75) is 45.6 Å². The van der Waals surface area contributed by atoms with E-state index in [1.165, 1.54) is 19.1 Å². The van der Waals surface area contributed by atoms with E-state index in [2.05, 4.69) is 4.72 Å². The highest BCUT2D eigenvalue weighted by Crippen LogP contribution is 2.20. The van der Waals surface area contributed by atoms with Crippen molar-refractivity contribution in [3.8, 4) is 0 Å². The van der Waals surface area contributed by atoms with Crippen LogP contribution in [0.15, 0.2) is 17.0 Å². The molecule has 0 fully saturated rings. The maximum Gasteiger partial charge on any atom is 0.240 e. The number of halogens is 1. The predicted octanol–water partition coefficient (Wildman–Crippen LogP) is 2.31. The van der Waals surface area contributed by atoms with Gasteiger partial charge < -0.3 is 5.73 Å². The van der Waals surface area contributed by atoms with E-state index in [1.807, 2.05) is 20.8 Å². The fourth-order valence-corrected chi connectivity index (χ4v) is 2.92. The molecule has 0 saturated heterocycles. The smallest absolute Gasteiger partial charge is 0.240 e. The zero-order valence-electron chi connectivity index (χ0n) is 12.5. The number of hydrogen-bond acceptors (Lipinski definition) is 3. The maximum absolute atomic E-state index is 13.7. The van der Waals surface area contributed by atoms with Crippen LogP contribution in [0.1, 0.15) is 38.3 Å². The first-order chi connectivity index (χ1) is 9.07. The van der Waals surface area contributed by atoms with Gasteiger partial charge in [0.15, 0.2) is 0 Å². The Morgan fingerprint density at radius 1 is 1.30 bits per heavy atom. The van der Waals surface area contributed by atoms with Crippen molar-refractivity contribution >= 4 is 10.0 Å². The summed E-state index contributed by atoms with van der Waals surface area (Å²) < 4.78 is 40.6. The lowest BCUT2D eigenvalue weighted by atomic mass is 9.93. The molecule has 20 heavy (non-hydrogen) atoms. The molecular formula is C14H23FN2O2S. The van der Waals surface area contributed by atoms with E-state index in [1.54, 1.807) is 0 Å². The largest absolute Gasteiger partial charge is 0.326 e. The summed E-state index contributed by atoms with van der Waals surface area (Å²) in [6.45, 7) is 7.96. The van der Waals surface area contributed by atoms with E-state index in [0.29, 0.717) is 6.54 Å². The van der Waals surface area contributed by atoms with Gasteiger partial charge in [-0.3, -0.25) is 0 Å². The molecule has 0 atom stereocenters. The van der Waals surface area contributed by atoms with Gasteiger partial charge in [-0.1, -0.05) is 20.8 Å². The molecular weight excluding hydrogens is 279 g/mol. The van der Waals surface area contributed by atoms with Gasteiger partial charge in [0.05, 0.1) is 4.90 Å². The van der Waals surface area contributed by atoms with Crippen LogP contribution in [0.4, 0.5) is 4.39 Å². The zero-order chi connectivity index (χ0) is 15.6. The molecule has 0 aromatic heterocycles. The third-order valence-corrected chi connectivity index (χ3v) is 4.44. The molecule has 114 valence electrons. The molecule has 0 amide bonds. The number of rotatable bonds is 5. The summed E-state index contributed by atoms with van der Waals surface area (Å²) in [6.07, 6.45) is 0.718. The van der Waals surface area contributed by atoms with Gasteiger partial charge in [0, 0.05) is 18.7 Å². The fraction of sp³-hybridized carbons (Fsp3) is 0.571. The SMILES string of the molecule is Cc1cc(S(=O)(=O)NCCC(C)(C)C)cc(CN)c1F.